The molecule has 5 nitrogen and oxygen atoms in total. The first-order valence-electron chi connectivity index (χ1n) is 7.10. The zero-order valence-corrected chi connectivity index (χ0v) is 11.6. The molecule has 1 fully saturated rings. The number of nitrogens with one attached hydrogen (secondary N) is 1. The third-order valence-electron chi connectivity index (χ3n) is 3.64. The number of likely N-dealkylation sites (tertiary alicyclic amines) is 1. The zero-order valence-electron chi connectivity index (χ0n) is 11.6. The lowest BCUT2D eigenvalue weighted by Gasteiger charge is -2.20. The second-order valence-corrected chi connectivity index (χ2v) is 4.91. The second kappa shape index (κ2) is 7.19. The van der Waals surface area contributed by atoms with E-state index in [2.05, 4.69) is 22.1 Å². The molecule has 1 atom stereocenters. The first-order chi connectivity index (χ1) is 9.29. The number of nitrogens with zero attached hydrogens (tertiary/aromatic N) is 2. The molecule has 3 N–H and O–H groups in total. The molecular weight excluding hydrogens is 240 g/mol. The van der Waals surface area contributed by atoms with E-state index < -0.39 is 0 Å². The maximum absolute atomic E-state index is 5.87. The highest BCUT2D eigenvalue weighted by Crippen LogP contribution is 2.16. The van der Waals surface area contributed by atoms with E-state index in [0.29, 0.717) is 12.0 Å². The Bertz CT molecular complexity index is 388. The summed E-state index contributed by atoms with van der Waals surface area (Å²) in [5, 5.41) is 3.13. The van der Waals surface area contributed by atoms with Crippen LogP contribution in [0.5, 0.6) is 0 Å². The fraction of sp³-hybridized carbons (Fsp3) is 0.643. The van der Waals surface area contributed by atoms with Gasteiger partial charge in [-0.3, -0.25) is 9.89 Å². The first kappa shape index (κ1) is 13.9. The van der Waals surface area contributed by atoms with E-state index in [0.717, 1.165) is 31.8 Å². The van der Waals surface area contributed by atoms with E-state index >= 15 is 0 Å². The quantitative estimate of drug-likeness (QED) is 0.599. The Morgan fingerprint density at radius 3 is 3.26 bits per heavy atom. The number of nitrogens with two attached hydrogens (primary N) is 1. The molecule has 1 aromatic heterocycles. The van der Waals surface area contributed by atoms with Crippen LogP contribution in [0.25, 0.3) is 0 Å². The largest absolute Gasteiger partial charge is 0.469 e. The van der Waals surface area contributed by atoms with E-state index in [9.17, 15) is 0 Å². The van der Waals surface area contributed by atoms with Crippen molar-refractivity contribution in [3.63, 3.8) is 0 Å². The van der Waals surface area contributed by atoms with Crippen LogP contribution in [-0.2, 0) is 6.42 Å². The topological polar surface area (TPSA) is 66.8 Å². The van der Waals surface area contributed by atoms with Crippen molar-refractivity contribution >= 4 is 5.96 Å². The van der Waals surface area contributed by atoms with Crippen LogP contribution in [-0.4, -0.2) is 43.1 Å². The Morgan fingerprint density at radius 1 is 1.63 bits per heavy atom. The summed E-state index contributed by atoms with van der Waals surface area (Å²) >= 11 is 0. The zero-order chi connectivity index (χ0) is 13.5. The van der Waals surface area contributed by atoms with E-state index in [1.165, 1.54) is 19.4 Å². The van der Waals surface area contributed by atoms with Crippen molar-refractivity contribution in [2.75, 3.05) is 26.2 Å². The third kappa shape index (κ3) is 4.28. The Balaban J connectivity index is 1.67. The molecule has 0 radical (unpaired) electrons. The van der Waals surface area contributed by atoms with Gasteiger partial charge in [0.15, 0.2) is 5.96 Å². The number of hydrogen-bond donors (Lipinski definition) is 2. The summed E-state index contributed by atoms with van der Waals surface area (Å²) in [6, 6.07) is 4.43. The Labute approximate surface area is 114 Å². The van der Waals surface area contributed by atoms with E-state index in [1.54, 1.807) is 6.26 Å². The van der Waals surface area contributed by atoms with Crippen molar-refractivity contribution in [1.82, 2.24) is 10.2 Å². The summed E-state index contributed by atoms with van der Waals surface area (Å²) < 4.78 is 5.26. The van der Waals surface area contributed by atoms with Crippen LogP contribution in [0.2, 0.25) is 0 Å². The summed E-state index contributed by atoms with van der Waals surface area (Å²) in [6.07, 6.45) is 5.02. The number of hydrogen-bond acceptors (Lipinski definition) is 3. The highest BCUT2D eigenvalue weighted by Gasteiger charge is 2.22. The summed E-state index contributed by atoms with van der Waals surface area (Å²) in [4.78, 5) is 6.91. The standard InChI is InChI=1S/C14H24N4O/c1-2-18-9-3-5-12(18)11-17-14(15)16-8-7-13-6-4-10-19-13/h4,6,10,12H,2-3,5,7-9,11H2,1H3,(H3,15,16,17). The van der Waals surface area contributed by atoms with Gasteiger partial charge in [-0.25, -0.2) is 0 Å². The number of likely N-dealkylation sites (N-methyl/N-ethyl adjacent to an activating group) is 1. The average molecular weight is 264 g/mol. The maximum Gasteiger partial charge on any atom is 0.188 e. The SMILES string of the molecule is CCN1CCCC1CN=C(N)NCCc1ccco1. The maximum atomic E-state index is 5.87. The molecule has 0 amide bonds. The van der Waals surface area contributed by atoms with Gasteiger partial charge < -0.3 is 15.5 Å². The Morgan fingerprint density at radius 2 is 2.53 bits per heavy atom. The van der Waals surface area contributed by atoms with Crippen molar-refractivity contribution in [3.8, 4) is 0 Å². The molecule has 0 aromatic carbocycles. The van der Waals surface area contributed by atoms with Crippen LogP contribution < -0.4 is 11.1 Å². The molecule has 1 unspecified atom stereocenters. The number of aliphatic imine (C=N–C) groups is 1. The molecule has 0 saturated carbocycles. The summed E-state index contributed by atoms with van der Waals surface area (Å²) in [6.45, 7) is 6.06. The van der Waals surface area contributed by atoms with Crippen molar-refractivity contribution in [3.05, 3.63) is 24.2 Å². The predicted molar refractivity (Wildman–Crippen MR) is 77.2 cm³/mol. The first-order valence-corrected chi connectivity index (χ1v) is 7.10. The van der Waals surface area contributed by atoms with E-state index in [4.69, 9.17) is 10.2 Å². The predicted octanol–water partition coefficient (Wildman–Crippen LogP) is 1.21. The van der Waals surface area contributed by atoms with Gasteiger partial charge in [-0.1, -0.05) is 6.92 Å². The Hall–Kier alpha value is -1.49. The van der Waals surface area contributed by atoms with Gasteiger partial charge in [-0.2, -0.15) is 0 Å². The number of furan rings is 1. The normalized spacial score (nSPS) is 20.9. The molecule has 19 heavy (non-hydrogen) atoms. The van der Waals surface area contributed by atoms with Crippen LogP contribution >= 0.6 is 0 Å². The lowest BCUT2D eigenvalue weighted by molar-refractivity contribution is 0.273. The highest BCUT2D eigenvalue weighted by atomic mass is 16.3. The molecule has 1 aromatic rings. The molecular formula is C14H24N4O. The summed E-state index contributed by atoms with van der Waals surface area (Å²) in [5.74, 6) is 1.50. The molecule has 0 bridgehead atoms. The monoisotopic (exact) mass is 264 g/mol. The van der Waals surface area contributed by atoms with E-state index in [-0.39, 0.29) is 0 Å². The van der Waals surface area contributed by atoms with Crippen molar-refractivity contribution in [1.29, 1.82) is 0 Å². The molecule has 0 aliphatic carbocycles. The molecule has 1 aliphatic rings. The van der Waals surface area contributed by atoms with Crippen LogP contribution in [0.1, 0.15) is 25.5 Å². The smallest absolute Gasteiger partial charge is 0.188 e. The minimum atomic E-state index is 0.537. The van der Waals surface area contributed by atoms with Gasteiger partial charge in [0.25, 0.3) is 0 Å². The van der Waals surface area contributed by atoms with Gasteiger partial charge in [0.05, 0.1) is 12.8 Å². The number of guanidine groups is 1. The van der Waals surface area contributed by atoms with Crippen molar-refractivity contribution < 1.29 is 4.42 Å². The number of rotatable bonds is 6. The molecule has 1 saturated heterocycles. The average Bonchev–Trinajstić information content (AvgIpc) is 3.07. The molecule has 1 aliphatic heterocycles. The van der Waals surface area contributed by atoms with E-state index in [1.807, 2.05) is 12.1 Å². The van der Waals surface area contributed by atoms with Crippen molar-refractivity contribution in [2.24, 2.45) is 10.7 Å². The molecule has 106 valence electrons. The minimum Gasteiger partial charge on any atom is -0.469 e. The fourth-order valence-corrected chi connectivity index (χ4v) is 2.55. The second-order valence-electron chi connectivity index (χ2n) is 4.91. The van der Waals surface area contributed by atoms with Crippen LogP contribution in [0.3, 0.4) is 0 Å². The molecule has 2 heterocycles. The van der Waals surface area contributed by atoms with Crippen LogP contribution in [0, 0.1) is 0 Å². The third-order valence-corrected chi connectivity index (χ3v) is 3.64. The van der Waals surface area contributed by atoms with Crippen LogP contribution in [0.15, 0.2) is 27.8 Å². The lowest BCUT2D eigenvalue weighted by Crippen LogP contribution is -2.36. The summed E-state index contributed by atoms with van der Waals surface area (Å²) in [7, 11) is 0. The lowest BCUT2D eigenvalue weighted by atomic mass is 10.2. The summed E-state index contributed by atoms with van der Waals surface area (Å²) in [5.41, 5.74) is 5.87. The van der Waals surface area contributed by atoms with Crippen molar-refractivity contribution in [2.45, 2.75) is 32.2 Å². The van der Waals surface area contributed by atoms with Crippen LogP contribution in [0.4, 0.5) is 0 Å². The fourth-order valence-electron chi connectivity index (χ4n) is 2.55. The minimum absolute atomic E-state index is 0.537. The van der Waals surface area contributed by atoms with Gasteiger partial charge >= 0.3 is 0 Å². The highest BCUT2D eigenvalue weighted by molar-refractivity contribution is 5.77. The van der Waals surface area contributed by atoms with Gasteiger partial charge in [0, 0.05) is 19.0 Å². The van der Waals surface area contributed by atoms with Gasteiger partial charge in [0.1, 0.15) is 5.76 Å². The van der Waals surface area contributed by atoms with Gasteiger partial charge in [-0.15, -0.1) is 0 Å². The Kier molecular flexibility index (Phi) is 5.27. The van der Waals surface area contributed by atoms with Gasteiger partial charge in [-0.05, 0) is 38.1 Å². The molecule has 2 rings (SSSR count). The molecule has 5 heteroatoms. The molecule has 0 spiro atoms. The van der Waals surface area contributed by atoms with Gasteiger partial charge in [0.2, 0.25) is 0 Å².